The van der Waals surface area contributed by atoms with Crippen LogP contribution in [0.4, 0.5) is 0 Å². The molecular formula is C14H22N4O2. The van der Waals surface area contributed by atoms with Crippen molar-refractivity contribution in [2.75, 3.05) is 39.4 Å². The number of rotatable bonds is 3. The zero-order valence-electron chi connectivity index (χ0n) is 11.9. The fourth-order valence-corrected chi connectivity index (χ4v) is 3.15. The Balaban J connectivity index is 1.58. The molecule has 1 amide bonds. The highest BCUT2D eigenvalue weighted by Crippen LogP contribution is 2.26. The van der Waals surface area contributed by atoms with Gasteiger partial charge in [0, 0.05) is 44.6 Å². The largest absolute Gasteiger partial charge is 0.378 e. The van der Waals surface area contributed by atoms with Gasteiger partial charge in [0.1, 0.15) is 0 Å². The van der Waals surface area contributed by atoms with Gasteiger partial charge >= 0.3 is 0 Å². The van der Waals surface area contributed by atoms with Crippen molar-refractivity contribution in [2.45, 2.75) is 13.5 Å². The number of likely N-dealkylation sites (tertiary alicyclic amines) is 1. The number of nitrogens with zero attached hydrogens (tertiary/aromatic N) is 3. The molecule has 3 heterocycles. The molecule has 1 aromatic rings. The van der Waals surface area contributed by atoms with Gasteiger partial charge in [-0.1, -0.05) is 6.92 Å². The maximum absolute atomic E-state index is 12.6. The molecule has 1 N–H and O–H groups in total. The second-order valence-electron chi connectivity index (χ2n) is 5.80. The predicted molar refractivity (Wildman–Crippen MR) is 73.9 cm³/mol. The van der Waals surface area contributed by atoms with Crippen molar-refractivity contribution in [3.63, 3.8) is 0 Å². The third-order valence-corrected chi connectivity index (χ3v) is 4.28. The van der Waals surface area contributed by atoms with E-state index >= 15 is 0 Å². The highest BCUT2D eigenvalue weighted by Gasteiger charge is 2.37. The van der Waals surface area contributed by atoms with Gasteiger partial charge in [0.25, 0.3) is 0 Å². The molecule has 0 radical (unpaired) electrons. The number of H-pyrrole nitrogens is 1. The smallest absolute Gasteiger partial charge is 0.227 e. The van der Waals surface area contributed by atoms with E-state index in [2.05, 4.69) is 22.0 Å². The minimum atomic E-state index is 0.121. The van der Waals surface area contributed by atoms with Crippen LogP contribution in [0.15, 0.2) is 12.3 Å². The number of carbonyl (C=O) groups excluding carboxylic acids is 1. The monoisotopic (exact) mass is 278 g/mol. The summed E-state index contributed by atoms with van der Waals surface area (Å²) in [4.78, 5) is 16.9. The Morgan fingerprint density at radius 3 is 2.95 bits per heavy atom. The van der Waals surface area contributed by atoms with E-state index in [1.165, 1.54) is 0 Å². The SMILES string of the molecule is C[C@@H]1CN(Cc2ccn[nH]2)C[C@H]1C(=O)N1CCOCC1. The molecule has 20 heavy (non-hydrogen) atoms. The van der Waals surface area contributed by atoms with Crippen LogP contribution in [0.25, 0.3) is 0 Å². The molecule has 6 nitrogen and oxygen atoms in total. The highest BCUT2D eigenvalue weighted by atomic mass is 16.5. The topological polar surface area (TPSA) is 61.5 Å². The van der Waals surface area contributed by atoms with Crippen LogP contribution in [0.2, 0.25) is 0 Å². The zero-order chi connectivity index (χ0) is 13.9. The summed E-state index contributed by atoms with van der Waals surface area (Å²) in [5.41, 5.74) is 1.11. The first-order chi connectivity index (χ1) is 9.74. The summed E-state index contributed by atoms with van der Waals surface area (Å²) < 4.78 is 5.32. The van der Waals surface area contributed by atoms with Gasteiger partial charge < -0.3 is 9.64 Å². The fourth-order valence-electron chi connectivity index (χ4n) is 3.15. The Kier molecular flexibility index (Phi) is 4.03. The van der Waals surface area contributed by atoms with Gasteiger partial charge in [-0.25, -0.2) is 0 Å². The minimum absolute atomic E-state index is 0.121. The van der Waals surface area contributed by atoms with E-state index in [1.807, 2.05) is 11.0 Å². The average Bonchev–Trinajstić information content (AvgIpc) is 3.09. The summed E-state index contributed by atoms with van der Waals surface area (Å²) in [6.45, 7) is 7.66. The van der Waals surface area contributed by atoms with Gasteiger partial charge in [-0.05, 0) is 12.0 Å². The maximum Gasteiger partial charge on any atom is 0.227 e. The molecule has 3 rings (SSSR count). The molecule has 0 bridgehead atoms. The van der Waals surface area contributed by atoms with Gasteiger partial charge in [-0.15, -0.1) is 0 Å². The van der Waals surface area contributed by atoms with E-state index in [0.29, 0.717) is 25.0 Å². The Morgan fingerprint density at radius 2 is 2.25 bits per heavy atom. The Labute approximate surface area is 119 Å². The van der Waals surface area contributed by atoms with Crippen LogP contribution in [0.1, 0.15) is 12.6 Å². The van der Waals surface area contributed by atoms with Crippen LogP contribution < -0.4 is 0 Å². The summed E-state index contributed by atoms with van der Waals surface area (Å²) >= 11 is 0. The number of hydrogen-bond donors (Lipinski definition) is 1. The van der Waals surface area contributed by atoms with Crippen molar-refractivity contribution in [3.05, 3.63) is 18.0 Å². The molecule has 2 saturated heterocycles. The Morgan fingerprint density at radius 1 is 1.45 bits per heavy atom. The lowest BCUT2D eigenvalue weighted by Crippen LogP contribution is -2.45. The average molecular weight is 278 g/mol. The molecule has 2 atom stereocenters. The number of carbonyl (C=O) groups is 1. The predicted octanol–water partition coefficient (Wildman–Crippen LogP) is 0.336. The van der Waals surface area contributed by atoms with E-state index in [1.54, 1.807) is 6.20 Å². The zero-order valence-corrected chi connectivity index (χ0v) is 11.9. The van der Waals surface area contributed by atoms with Crippen LogP contribution in [-0.2, 0) is 16.1 Å². The molecule has 2 fully saturated rings. The summed E-state index contributed by atoms with van der Waals surface area (Å²) in [5, 5.41) is 6.95. The van der Waals surface area contributed by atoms with E-state index in [9.17, 15) is 4.79 Å². The van der Waals surface area contributed by atoms with E-state index in [-0.39, 0.29) is 5.92 Å². The molecule has 2 aliphatic heterocycles. The second-order valence-corrected chi connectivity index (χ2v) is 5.80. The molecule has 0 aliphatic carbocycles. The number of hydrogen-bond acceptors (Lipinski definition) is 4. The Bertz CT molecular complexity index is 442. The van der Waals surface area contributed by atoms with Crippen LogP contribution >= 0.6 is 0 Å². The van der Waals surface area contributed by atoms with Crippen molar-refractivity contribution in [3.8, 4) is 0 Å². The lowest BCUT2D eigenvalue weighted by molar-refractivity contribution is -0.140. The van der Waals surface area contributed by atoms with Crippen LogP contribution in [0.5, 0.6) is 0 Å². The third-order valence-electron chi connectivity index (χ3n) is 4.28. The molecule has 6 heteroatoms. The van der Waals surface area contributed by atoms with Crippen molar-refractivity contribution in [1.82, 2.24) is 20.0 Å². The van der Waals surface area contributed by atoms with Crippen molar-refractivity contribution >= 4 is 5.91 Å². The first-order valence-electron chi connectivity index (χ1n) is 7.31. The fraction of sp³-hybridized carbons (Fsp3) is 0.714. The normalized spacial score (nSPS) is 27.9. The number of aromatic amines is 1. The second kappa shape index (κ2) is 5.93. The molecule has 2 aliphatic rings. The molecule has 1 aromatic heterocycles. The lowest BCUT2D eigenvalue weighted by Gasteiger charge is -2.30. The maximum atomic E-state index is 12.6. The van der Waals surface area contributed by atoms with Crippen molar-refractivity contribution in [2.24, 2.45) is 11.8 Å². The van der Waals surface area contributed by atoms with Gasteiger partial charge in [0.05, 0.1) is 19.1 Å². The molecule has 0 saturated carbocycles. The van der Waals surface area contributed by atoms with Crippen molar-refractivity contribution < 1.29 is 9.53 Å². The summed E-state index contributed by atoms with van der Waals surface area (Å²) in [6.07, 6.45) is 1.77. The summed E-state index contributed by atoms with van der Waals surface area (Å²) in [6, 6.07) is 1.99. The number of ether oxygens (including phenoxy) is 1. The van der Waals surface area contributed by atoms with Crippen LogP contribution in [0.3, 0.4) is 0 Å². The number of morpholine rings is 1. The van der Waals surface area contributed by atoms with E-state index in [4.69, 9.17) is 4.74 Å². The van der Waals surface area contributed by atoms with Gasteiger partial charge in [0.2, 0.25) is 5.91 Å². The Hall–Kier alpha value is -1.40. The standard InChI is InChI=1S/C14H22N4O2/c1-11-8-17(9-12-2-3-15-16-12)10-13(11)14(19)18-4-6-20-7-5-18/h2-3,11,13H,4-10H2,1H3,(H,15,16)/t11-,13-/m1/s1. The van der Waals surface area contributed by atoms with Crippen molar-refractivity contribution in [1.29, 1.82) is 0 Å². The van der Waals surface area contributed by atoms with E-state index < -0.39 is 0 Å². The summed E-state index contributed by atoms with van der Waals surface area (Å²) in [7, 11) is 0. The quantitative estimate of drug-likeness (QED) is 0.866. The van der Waals surface area contributed by atoms with Gasteiger partial charge in [-0.2, -0.15) is 5.10 Å². The molecule has 0 aromatic carbocycles. The van der Waals surface area contributed by atoms with Crippen LogP contribution in [0, 0.1) is 11.8 Å². The summed E-state index contributed by atoms with van der Waals surface area (Å²) in [5.74, 6) is 0.831. The van der Waals surface area contributed by atoms with Crippen LogP contribution in [-0.4, -0.2) is 65.3 Å². The molecule has 0 unspecified atom stereocenters. The minimum Gasteiger partial charge on any atom is -0.378 e. The lowest BCUT2D eigenvalue weighted by atomic mass is 9.96. The number of aromatic nitrogens is 2. The first kappa shape index (κ1) is 13.6. The molecule has 0 spiro atoms. The van der Waals surface area contributed by atoms with Gasteiger partial charge in [0.15, 0.2) is 0 Å². The van der Waals surface area contributed by atoms with E-state index in [0.717, 1.165) is 38.4 Å². The van der Waals surface area contributed by atoms with Gasteiger partial charge in [-0.3, -0.25) is 14.8 Å². The molecule has 110 valence electrons. The number of nitrogens with one attached hydrogen (secondary N) is 1. The molecular weight excluding hydrogens is 256 g/mol. The third kappa shape index (κ3) is 2.86. The highest BCUT2D eigenvalue weighted by molar-refractivity contribution is 5.79. The number of amides is 1. The first-order valence-corrected chi connectivity index (χ1v) is 7.31.